The van der Waals surface area contributed by atoms with Gasteiger partial charge in [-0.2, -0.15) is 0 Å². The molecule has 0 unspecified atom stereocenters. The van der Waals surface area contributed by atoms with E-state index in [4.69, 9.17) is 15.2 Å². The number of nitrogen functional groups attached to an aromatic ring is 1. The first-order valence-electron chi connectivity index (χ1n) is 6.14. The largest absolute Gasteiger partial charge is 0.496 e. The minimum atomic E-state index is -0.295. The Hall–Kier alpha value is -2.21. The number of nitrogens with two attached hydrogens (primary N) is 1. The third-order valence-corrected chi connectivity index (χ3v) is 3.52. The highest BCUT2D eigenvalue weighted by atomic mass is 79.9. The number of amides is 1. The lowest BCUT2D eigenvalue weighted by molar-refractivity contribution is 0.102. The molecule has 3 N–H and O–H groups in total. The molecule has 2 aromatic carbocycles. The SMILES string of the molecule is COc1ccc(NC(=O)c2cccc(N)c2OC)cc1Br. The van der Waals surface area contributed by atoms with Gasteiger partial charge < -0.3 is 20.5 Å². The molecule has 0 aliphatic carbocycles. The number of hydrogen-bond donors (Lipinski definition) is 2. The molecule has 6 heteroatoms. The van der Waals surface area contributed by atoms with Crippen LogP contribution in [-0.4, -0.2) is 20.1 Å². The first-order chi connectivity index (χ1) is 10.1. The van der Waals surface area contributed by atoms with E-state index < -0.39 is 0 Å². The Morgan fingerprint density at radius 2 is 1.95 bits per heavy atom. The predicted octanol–water partition coefficient (Wildman–Crippen LogP) is 3.30. The van der Waals surface area contributed by atoms with Crippen molar-refractivity contribution in [2.45, 2.75) is 0 Å². The van der Waals surface area contributed by atoms with Crippen LogP contribution >= 0.6 is 15.9 Å². The summed E-state index contributed by atoms with van der Waals surface area (Å²) in [5.41, 5.74) is 7.23. The molecule has 0 heterocycles. The van der Waals surface area contributed by atoms with E-state index in [9.17, 15) is 4.79 Å². The molecule has 0 aromatic heterocycles. The van der Waals surface area contributed by atoms with Crippen LogP contribution in [0.5, 0.6) is 11.5 Å². The molecule has 0 spiro atoms. The third-order valence-electron chi connectivity index (χ3n) is 2.90. The highest BCUT2D eigenvalue weighted by Gasteiger charge is 2.15. The fourth-order valence-electron chi connectivity index (χ4n) is 1.90. The van der Waals surface area contributed by atoms with Crippen molar-refractivity contribution >= 4 is 33.2 Å². The summed E-state index contributed by atoms with van der Waals surface area (Å²) in [6.45, 7) is 0. The van der Waals surface area contributed by atoms with E-state index in [1.165, 1.54) is 7.11 Å². The number of anilines is 2. The first-order valence-corrected chi connectivity index (χ1v) is 6.93. The zero-order valence-electron chi connectivity index (χ0n) is 11.6. The Balaban J connectivity index is 2.26. The van der Waals surface area contributed by atoms with Crippen molar-refractivity contribution in [1.82, 2.24) is 0 Å². The van der Waals surface area contributed by atoms with E-state index in [1.54, 1.807) is 43.5 Å². The number of nitrogens with one attached hydrogen (secondary N) is 1. The van der Waals surface area contributed by atoms with Crippen molar-refractivity contribution in [3.05, 3.63) is 46.4 Å². The first kappa shape index (κ1) is 15.2. The zero-order chi connectivity index (χ0) is 15.4. The van der Waals surface area contributed by atoms with Gasteiger partial charge in [-0.1, -0.05) is 6.07 Å². The average Bonchev–Trinajstić information content (AvgIpc) is 2.47. The lowest BCUT2D eigenvalue weighted by Gasteiger charge is -2.12. The van der Waals surface area contributed by atoms with Gasteiger partial charge >= 0.3 is 0 Å². The molecule has 21 heavy (non-hydrogen) atoms. The number of carbonyl (C=O) groups is 1. The molecule has 0 aliphatic heterocycles. The fourth-order valence-corrected chi connectivity index (χ4v) is 2.44. The van der Waals surface area contributed by atoms with E-state index >= 15 is 0 Å². The molecule has 0 saturated heterocycles. The summed E-state index contributed by atoms with van der Waals surface area (Å²) in [6, 6.07) is 10.3. The summed E-state index contributed by atoms with van der Waals surface area (Å²) in [4.78, 5) is 12.3. The van der Waals surface area contributed by atoms with Gasteiger partial charge in [-0.05, 0) is 46.3 Å². The van der Waals surface area contributed by atoms with Crippen molar-refractivity contribution in [3.63, 3.8) is 0 Å². The van der Waals surface area contributed by atoms with Crippen LogP contribution < -0.4 is 20.5 Å². The van der Waals surface area contributed by atoms with Crippen LogP contribution in [0.1, 0.15) is 10.4 Å². The summed E-state index contributed by atoms with van der Waals surface area (Å²) in [5, 5.41) is 2.79. The molecular formula is C15H15BrN2O3. The van der Waals surface area contributed by atoms with Crippen LogP contribution in [0.3, 0.4) is 0 Å². The van der Waals surface area contributed by atoms with E-state index in [0.717, 1.165) is 4.47 Å². The molecule has 0 atom stereocenters. The lowest BCUT2D eigenvalue weighted by Crippen LogP contribution is -2.14. The Labute approximate surface area is 131 Å². The predicted molar refractivity (Wildman–Crippen MR) is 86.1 cm³/mol. The molecule has 1 amide bonds. The maximum Gasteiger partial charge on any atom is 0.259 e. The van der Waals surface area contributed by atoms with Crippen molar-refractivity contribution in [2.24, 2.45) is 0 Å². The second-order valence-electron chi connectivity index (χ2n) is 4.23. The Kier molecular flexibility index (Phi) is 4.70. The van der Waals surface area contributed by atoms with Crippen LogP contribution in [0.15, 0.2) is 40.9 Å². The van der Waals surface area contributed by atoms with Crippen LogP contribution in [-0.2, 0) is 0 Å². The number of rotatable bonds is 4. The quantitative estimate of drug-likeness (QED) is 0.829. The molecule has 0 aliphatic rings. The van der Waals surface area contributed by atoms with Gasteiger partial charge in [0, 0.05) is 5.69 Å². The second kappa shape index (κ2) is 6.49. The molecule has 2 rings (SSSR count). The Bertz CT molecular complexity index is 674. The van der Waals surface area contributed by atoms with Crippen molar-refractivity contribution in [1.29, 1.82) is 0 Å². The minimum Gasteiger partial charge on any atom is -0.496 e. The molecular weight excluding hydrogens is 336 g/mol. The molecule has 0 saturated carbocycles. The molecule has 0 fully saturated rings. The molecule has 2 aromatic rings. The van der Waals surface area contributed by atoms with Gasteiger partial charge in [0.15, 0.2) is 5.75 Å². The summed E-state index contributed by atoms with van der Waals surface area (Å²) < 4.78 is 11.1. The molecule has 110 valence electrons. The number of carbonyl (C=O) groups excluding carboxylic acids is 1. The van der Waals surface area contributed by atoms with Gasteiger partial charge in [0.25, 0.3) is 5.91 Å². The summed E-state index contributed by atoms with van der Waals surface area (Å²) >= 11 is 3.37. The standard InChI is InChI=1S/C15H15BrN2O3/c1-20-13-7-6-9(8-11(13)16)18-15(19)10-4-3-5-12(17)14(10)21-2/h3-8H,17H2,1-2H3,(H,18,19). The van der Waals surface area contributed by atoms with Crippen LogP contribution in [0.4, 0.5) is 11.4 Å². The number of halogens is 1. The van der Waals surface area contributed by atoms with Crippen molar-refractivity contribution in [3.8, 4) is 11.5 Å². The van der Waals surface area contributed by atoms with E-state index in [2.05, 4.69) is 21.2 Å². The van der Waals surface area contributed by atoms with Gasteiger partial charge in [-0.3, -0.25) is 4.79 Å². The van der Waals surface area contributed by atoms with Crippen LogP contribution in [0.2, 0.25) is 0 Å². The maximum absolute atomic E-state index is 12.3. The van der Waals surface area contributed by atoms with Gasteiger partial charge in [-0.15, -0.1) is 0 Å². The number of benzene rings is 2. The maximum atomic E-state index is 12.3. The van der Waals surface area contributed by atoms with Gasteiger partial charge in [0.05, 0.1) is 29.9 Å². The smallest absolute Gasteiger partial charge is 0.259 e. The Morgan fingerprint density at radius 1 is 1.19 bits per heavy atom. The van der Waals surface area contributed by atoms with Gasteiger partial charge in [0.2, 0.25) is 0 Å². The average molecular weight is 351 g/mol. The second-order valence-corrected chi connectivity index (χ2v) is 5.09. The third kappa shape index (κ3) is 3.28. The normalized spacial score (nSPS) is 10.0. The van der Waals surface area contributed by atoms with E-state index in [1.807, 2.05) is 0 Å². The molecule has 0 bridgehead atoms. The molecule has 5 nitrogen and oxygen atoms in total. The van der Waals surface area contributed by atoms with E-state index in [0.29, 0.717) is 28.4 Å². The minimum absolute atomic E-state index is 0.295. The zero-order valence-corrected chi connectivity index (χ0v) is 13.2. The fraction of sp³-hybridized carbons (Fsp3) is 0.133. The van der Waals surface area contributed by atoms with Gasteiger partial charge in [-0.25, -0.2) is 0 Å². The van der Waals surface area contributed by atoms with Gasteiger partial charge in [0.1, 0.15) is 5.75 Å². The molecule has 0 radical (unpaired) electrons. The van der Waals surface area contributed by atoms with Crippen LogP contribution in [0, 0.1) is 0 Å². The Morgan fingerprint density at radius 3 is 2.57 bits per heavy atom. The van der Waals surface area contributed by atoms with Crippen molar-refractivity contribution in [2.75, 3.05) is 25.3 Å². The number of para-hydroxylation sites is 1. The number of hydrogen-bond acceptors (Lipinski definition) is 4. The number of methoxy groups -OCH3 is 2. The highest BCUT2D eigenvalue weighted by molar-refractivity contribution is 9.10. The van der Waals surface area contributed by atoms with Crippen LogP contribution in [0.25, 0.3) is 0 Å². The monoisotopic (exact) mass is 350 g/mol. The summed E-state index contributed by atoms with van der Waals surface area (Å²) in [7, 11) is 3.06. The lowest BCUT2D eigenvalue weighted by atomic mass is 10.1. The van der Waals surface area contributed by atoms with Crippen molar-refractivity contribution < 1.29 is 14.3 Å². The summed E-state index contributed by atoms with van der Waals surface area (Å²) in [6.07, 6.45) is 0. The van der Waals surface area contributed by atoms with E-state index in [-0.39, 0.29) is 5.91 Å². The topological polar surface area (TPSA) is 73.6 Å². The number of ether oxygens (including phenoxy) is 2. The highest BCUT2D eigenvalue weighted by Crippen LogP contribution is 2.29. The summed E-state index contributed by atoms with van der Waals surface area (Å²) in [5.74, 6) is 0.758.